The van der Waals surface area contributed by atoms with Crippen molar-refractivity contribution < 1.29 is 22.1 Å². The predicted molar refractivity (Wildman–Crippen MR) is 62.6 cm³/mol. The highest BCUT2D eigenvalue weighted by molar-refractivity contribution is 7.86. The van der Waals surface area contributed by atoms with Crippen LogP contribution in [-0.2, 0) is 19.0 Å². The average molecular weight is 260 g/mol. The van der Waals surface area contributed by atoms with Gasteiger partial charge >= 0.3 is 0 Å². The molecule has 0 unspecified atom stereocenters. The average Bonchev–Trinajstić information content (AvgIpc) is 2.35. The van der Waals surface area contributed by atoms with Crippen LogP contribution in [0.3, 0.4) is 0 Å². The molecule has 0 spiro atoms. The lowest BCUT2D eigenvalue weighted by Crippen LogP contribution is -2.11. The fourth-order valence-electron chi connectivity index (χ4n) is 1.16. The molecule has 17 heavy (non-hydrogen) atoms. The van der Waals surface area contributed by atoms with E-state index in [9.17, 15) is 8.42 Å². The lowest BCUT2D eigenvalue weighted by atomic mass is 10.3. The summed E-state index contributed by atoms with van der Waals surface area (Å²) in [4.78, 5) is 0.106. The second kappa shape index (κ2) is 6.58. The van der Waals surface area contributed by atoms with E-state index in [0.717, 1.165) is 0 Å². The van der Waals surface area contributed by atoms with E-state index in [1.54, 1.807) is 12.1 Å². The van der Waals surface area contributed by atoms with Gasteiger partial charge in [-0.05, 0) is 31.2 Å². The molecule has 0 atom stereocenters. The van der Waals surface area contributed by atoms with Gasteiger partial charge in [0.05, 0.1) is 25.2 Å². The highest BCUT2D eigenvalue weighted by Gasteiger charge is 2.14. The fourth-order valence-corrected chi connectivity index (χ4v) is 2.05. The number of benzene rings is 1. The maximum Gasteiger partial charge on any atom is 0.297 e. The smallest absolute Gasteiger partial charge is 0.297 e. The van der Waals surface area contributed by atoms with E-state index in [1.807, 2.05) is 6.92 Å². The Morgan fingerprint density at radius 1 is 1.12 bits per heavy atom. The molecule has 0 aliphatic rings. The lowest BCUT2D eigenvalue weighted by Gasteiger charge is -2.06. The van der Waals surface area contributed by atoms with Crippen LogP contribution in [0.1, 0.15) is 6.92 Å². The minimum atomic E-state index is -3.70. The minimum absolute atomic E-state index is 0.0161. The van der Waals surface area contributed by atoms with Gasteiger partial charge in [-0.1, -0.05) is 0 Å². The van der Waals surface area contributed by atoms with E-state index >= 15 is 0 Å². The molecular weight excluding hydrogens is 244 g/mol. The third-order valence-electron chi connectivity index (χ3n) is 2.02. The van der Waals surface area contributed by atoms with Crippen LogP contribution in [0.4, 0.5) is 0 Å². The molecule has 0 radical (unpaired) electrons. The van der Waals surface area contributed by atoms with Gasteiger partial charge in [0.15, 0.2) is 0 Å². The van der Waals surface area contributed by atoms with Gasteiger partial charge in [-0.25, -0.2) is 0 Å². The number of hydrogen-bond acceptors (Lipinski definition) is 5. The molecule has 0 aromatic heterocycles. The summed E-state index contributed by atoms with van der Waals surface area (Å²) in [5, 5.41) is 0. The molecule has 6 heteroatoms. The first-order chi connectivity index (χ1) is 8.10. The van der Waals surface area contributed by atoms with Crippen LogP contribution < -0.4 is 4.74 Å². The molecular formula is C11H16O5S. The zero-order chi connectivity index (χ0) is 12.7. The molecule has 0 saturated carbocycles. The highest BCUT2D eigenvalue weighted by atomic mass is 32.2. The summed E-state index contributed by atoms with van der Waals surface area (Å²) >= 11 is 0. The molecule has 0 N–H and O–H groups in total. The maximum absolute atomic E-state index is 11.7. The first-order valence-electron chi connectivity index (χ1n) is 5.21. The summed E-state index contributed by atoms with van der Waals surface area (Å²) < 4.78 is 38.1. The monoisotopic (exact) mass is 260 g/mol. The van der Waals surface area contributed by atoms with Crippen molar-refractivity contribution in [3.8, 4) is 5.75 Å². The Morgan fingerprint density at radius 2 is 1.76 bits per heavy atom. The van der Waals surface area contributed by atoms with Crippen LogP contribution in [0.2, 0.25) is 0 Å². The van der Waals surface area contributed by atoms with Gasteiger partial charge in [-0.2, -0.15) is 8.42 Å². The van der Waals surface area contributed by atoms with Gasteiger partial charge < -0.3 is 9.47 Å². The Labute approximate surface area is 101 Å². The van der Waals surface area contributed by atoms with Gasteiger partial charge in [0, 0.05) is 6.61 Å². The standard InChI is InChI=1S/C11H16O5S/c1-3-15-8-9-16-17(12,13)11-6-4-10(14-2)5-7-11/h4-7H,3,8-9H2,1-2H3. The number of methoxy groups -OCH3 is 1. The summed E-state index contributed by atoms with van der Waals surface area (Å²) in [6.07, 6.45) is 0. The molecule has 96 valence electrons. The molecule has 0 fully saturated rings. The van der Waals surface area contributed by atoms with Gasteiger partial charge in [0.25, 0.3) is 10.1 Å². The molecule has 1 rings (SSSR count). The first kappa shape index (κ1) is 14.0. The summed E-state index contributed by atoms with van der Waals surface area (Å²) in [7, 11) is -2.19. The third-order valence-corrected chi connectivity index (χ3v) is 3.34. The van der Waals surface area contributed by atoms with E-state index in [4.69, 9.17) is 13.7 Å². The Hall–Kier alpha value is -1.11. The van der Waals surface area contributed by atoms with Crippen molar-refractivity contribution in [2.24, 2.45) is 0 Å². The van der Waals surface area contributed by atoms with Crippen molar-refractivity contribution in [1.82, 2.24) is 0 Å². The first-order valence-corrected chi connectivity index (χ1v) is 6.62. The zero-order valence-electron chi connectivity index (χ0n) is 9.88. The van der Waals surface area contributed by atoms with Crippen molar-refractivity contribution in [2.75, 3.05) is 26.9 Å². The molecule has 0 bridgehead atoms. The normalized spacial score (nSPS) is 11.4. The van der Waals surface area contributed by atoms with Crippen molar-refractivity contribution in [1.29, 1.82) is 0 Å². The molecule has 1 aromatic carbocycles. The summed E-state index contributed by atoms with van der Waals surface area (Å²) in [5.41, 5.74) is 0. The van der Waals surface area contributed by atoms with Gasteiger partial charge in [-0.15, -0.1) is 0 Å². The molecule has 0 aliphatic heterocycles. The van der Waals surface area contributed by atoms with E-state index in [0.29, 0.717) is 12.4 Å². The van der Waals surface area contributed by atoms with Gasteiger partial charge in [-0.3, -0.25) is 4.18 Å². The Balaban J connectivity index is 2.62. The molecule has 0 amide bonds. The van der Waals surface area contributed by atoms with Crippen LogP contribution in [0, 0.1) is 0 Å². The van der Waals surface area contributed by atoms with Gasteiger partial charge in [0.2, 0.25) is 0 Å². The summed E-state index contributed by atoms with van der Waals surface area (Å²) in [5.74, 6) is 0.596. The Kier molecular flexibility index (Phi) is 5.40. The van der Waals surface area contributed by atoms with Crippen LogP contribution in [-0.4, -0.2) is 35.3 Å². The number of rotatable bonds is 7. The maximum atomic E-state index is 11.7. The predicted octanol–water partition coefficient (Wildman–Crippen LogP) is 1.44. The van der Waals surface area contributed by atoms with Crippen molar-refractivity contribution in [3.05, 3.63) is 24.3 Å². The Bertz CT molecular complexity index is 424. The molecule has 0 aliphatic carbocycles. The van der Waals surface area contributed by atoms with E-state index in [2.05, 4.69) is 0 Å². The summed E-state index contributed by atoms with van der Waals surface area (Å²) in [6, 6.07) is 6.02. The fraction of sp³-hybridized carbons (Fsp3) is 0.455. The van der Waals surface area contributed by atoms with E-state index in [1.165, 1.54) is 19.2 Å². The van der Waals surface area contributed by atoms with Gasteiger partial charge in [0.1, 0.15) is 5.75 Å². The van der Waals surface area contributed by atoms with Crippen molar-refractivity contribution >= 4 is 10.1 Å². The quantitative estimate of drug-likeness (QED) is 0.548. The van der Waals surface area contributed by atoms with Crippen LogP contribution in [0.5, 0.6) is 5.75 Å². The summed E-state index contributed by atoms with van der Waals surface area (Å²) in [6.45, 7) is 2.64. The van der Waals surface area contributed by atoms with E-state index in [-0.39, 0.29) is 18.1 Å². The molecule has 0 heterocycles. The largest absolute Gasteiger partial charge is 0.497 e. The second-order valence-corrected chi connectivity index (χ2v) is 4.76. The molecule has 1 aromatic rings. The SMILES string of the molecule is CCOCCOS(=O)(=O)c1ccc(OC)cc1. The van der Waals surface area contributed by atoms with Crippen molar-refractivity contribution in [3.63, 3.8) is 0 Å². The van der Waals surface area contributed by atoms with Crippen molar-refractivity contribution in [2.45, 2.75) is 11.8 Å². The third kappa shape index (κ3) is 4.33. The number of hydrogen-bond donors (Lipinski definition) is 0. The topological polar surface area (TPSA) is 61.8 Å². The highest BCUT2D eigenvalue weighted by Crippen LogP contribution is 2.17. The second-order valence-electron chi connectivity index (χ2n) is 3.15. The van der Waals surface area contributed by atoms with Crippen LogP contribution in [0.15, 0.2) is 29.2 Å². The zero-order valence-corrected chi connectivity index (χ0v) is 10.7. The van der Waals surface area contributed by atoms with Crippen LogP contribution >= 0.6 is 0 Å². The van der Waals surface area contributed by atoms with Crippen LogP contribution in [0.25, 0.3) is 0 Å². The van der Waals surface area contributed by atoms with E-state index < -0.39 is 10.1 Å². The minimum Gasteiger partial charge on any atom is -0.497 e. The molecule has 0 saturated heterocycles. The molecule has 5 nitrogen and oxygen atoms in total. The Morgan fingerprint density at radius 3 is 2.29 bits per heavy atom. The lowest BCUT2D eigenvalue weighted by molar-refractivity contribution is 0.112. The number of ether oxygens (including phenoxy) is 2.